The topological polar surface area (TPSA) is 98.5 Å². The number of amides is 1. The van der Waals surface area contributed by atoms with Crippen molar-refractivity contribution in [3.63, 3.8) is 0 Å². The first-order chi connectivity index (χ1) is 12.5. The van der Waals surface area contributed by atoms with E-state index in [9.17, 15) is 14.9 Å². The van der Waals surface area contributed by atoms with Crippen LogP contribution in [0.4, 0.5) is 5.69 Å². The highest BCUT2D eigenvalue weighted by Crippen LogP contribution is 2.18. The lowest BCUT2D eigenvalue weighted by molar-refractivity contribution is -0.384. The number of nitro groups is 1. The molecule has 0 N–H and O–H groups in total. The Morgan fingerprint density at radius 1 is 1.31 bits per heavy atom. The lowest BCUT2D eigenvalue weighted by atomic mass is 10.1. The largest absolute Gasteiger partial charge is 0.458 e. The summed E-state index contributed by atoms with van der Waals surface area (Å²) < 4.78 is 6.54. The van der Waals surface area contributed by atoms with Crippen molar-refractivity contribution in [1.29, 1.82) is 0 Å². The number of nitrogens with zero attached hydrogens (tertiary/aromatic N) is 4. The van der Waals surface area contributed by atoms with Crippen LogP contribution in [0.5, 0.6) is 6.01 Å². The highest BCUT2D eigenvalue weighted by molar-refractivity contribution is 9.10. The molecule has 1 aromatic heterocycles. The molecule has 0 spiro atoms. The van der Waals surface area contributed by atoms with Crippen LogP contribution in [0.2, 0.25) is 0 Å². The van der Waals surface area contributed by atoms with E-state index >= 15 is 0 Å². The Kier molecular flexibility index (Phi) is 5.77. The Labute approximate surface area is 158 Å². The van der Waals surface area contributed by atoms with E-state index in [1.165, 1.54) is 12.1 Å². The van der Waals surface area contributed by atoms with Gasteiger partial charge in [-0.2, -0.15) is 0 Å². The fourth-order valence-corrected chi connectivity index (χ4v) is 3.00. The van der Waals surface area contributed by atoms with Gasteiger partial charge >= 0.3 is 6.01 Å². The van der Waals surface area contributed by atoms with Crippen molar-refractivity contribution >= 4 is 27.5 Å². The number of rotatable bonds is 5. The average molecular weight is 421 g/mol. The van der Waals surface area contributed by atoms with Crippen LogP contribution in [0.25, 0.3) is 0 Å². The van der Waals surface area contributed by atoms with Crippen LogP contribution < -0.4 is 4.74 Å². The minimum absolute atomic E-state index is 0.0159. The van der Waals surface area contributed by atoms with Gasteiger partial charge in [0, 0.05) is 31.1 Å². The maximum Gasteiger partial charge on any atom is 0.316 e. The molecule has 9 heteroatoms. The number of hydrogen-bond acceptors (Lipinski definition) is 6. The maximum absolute atomic E-state index is 12.5. The van der Waals surface area contributed by atoms with Crippen LogP contribution in [0.1, 0.15) is 18.4 Å². The van der Waals surface area contributed by atoms with Gasteiger partial charge in [-0.1, -0.05) is 12.1 Å². The Morgan fingerprint density at radius 2 is 2.00 bits per heavy atom. The SMILES string of the molecule is O=C(Cc1ccc([N+](=O)[O-])cc1)N1CCCC(Oc2ncc(Br)cn2)C1. The van der Waals surface area contributed by atoms with E-state index in [0.29, 0.717) is 19.1 Å². The Hall–Kier alpha value is -2.55. The second kappa shape index (κ2) is 8.22. The summed E-state index contributed by atoms with van der Waals surface area (Å²) >= 11 is 3.27. The molecule has 2 heterocycles. The average Bonchev–Trinajstić information content (AvgIpc) is 2.64. The van der Waals surface area contributed by atoms with E-state index in [0.717, 1.165) is 22.9 Å². The Balaban J connectivity index is 1.57. The lowest BCUT2D eigenvalue weighted by Crippen LogP contribution is -2.45. The van der Waals surface area contributed by atoms with E-state index in [1.807, 2.05) is 0 Å². The molecule has 0 aliphatic carbocycles. The molecule has 1 unspecified atom stereocenters. The number of aromatic nitrogens is 2. The predicted octanol–water partition coefficient (Wildman–Crippen LogP) is 2.76. The van der Waals surface area contributed by atoms with Crippen LogP contribution >= 0.6 is 15.9 Å². The van der Waals surface area contributed by atoms with E-state index in [-0.39, 0.29) is 24.1 Å². The summed E-state index contributed by atoms with van der Waals surface area (Å²) in [6.07, 6.45) is 4.96. The Bertz CT molecular complexity index is 782. The fourth-order valence-electron chi connectivity index (χ4n) is 2.79. The molecule has 3 rings (SSSR count). The van der Waals surface area contributed by atoms with Crippen molar-refractivity contribution in [2.75, 3.05) is 13.1 Å². The summed E-state index contributed by atoms with van der Waals surface area (Å²) in [6, 6.07) is 6.35. The molecule has 26 heavy (non-hydrogen) atoms. The standard InChI is InChI=1S/C17H17BrN4O4/c18-13-9-19-17(20-10-13)26-15-2-1-7-21(11-15)16(23)8-12-3-5-14(6-4-12)22(24)25/h3-6,9-10,15H,1-2,7-8,11H2. The third-order valence-electron chi connectivity index (χ3n) is 4.10. The first-order valence-corrected chi connectivity index (χ1v) is 8.96. The normalized spacial score (nSPS) is 17.0. The number of nitro benzene ring substituents is 1. The van der Waals surface area contributed by atoms with Crippen LogP contribution in [0.3, 0.4) is 0 Å². The molecule has 1 aliphatic heterocycles. The van der Waals surface area contributed by atoms with Crippen molar-refractivity contribution in [2.24, 2.45) is 0 Å². The van der Waals surface area contributed by atoms with Crippen molar-refractivity contribution in [3.8, 4) is 6.01 Å². The fraction of sp³-hybridized carbons (Fsp3) is 0.353. The molecule has 1 aliphatic rings. The Morgan fingerprint density at radius 3 is 2.65 bits per heavy atom. The maximum atomic E-state index is 12.5. The molecule has 1 amide bonds. The molecule has 2 aromatic rings. The number of non-ortho nitro benzene ring substituents is 1. The van der Waals surface area contributed by atoms with E-state index in [2.05, 4.69) is 25.9 Å². The highest BCUT2D eigenvalue weighted by atomic mass is 79.9. The van der Waals surface area contributed by atoms with Gasteiger partial charge in [-0.3, -0.25) is 14.9 Å². The van der Waals surface area contributed by atoms with Gasteiger partial charge in [0.15, 0.2) is 0 Å². The minimum Gasteiger partial charge on any atom is -0.458 e. The number of benzene rings is 1. The molecule has 1 saturated heterocycles. The van der Waals surface area contributed by atoms with Gasteiger partial charge in [0.05, 0.1) is 22.4 Å². The van der Waals surface area contributed by atoms with E-state index < -0.39 is 4.92 Å². The van der Waals surface area contributed by atoms with Crippen molar-refractivity contribution in [3.05, 3.63) is 56.8 Å². The molecule has 0 bridgehead atoms. The van der Waals surface area contributed by atoms with Crippen LogP contribution in [0.15, 0.2) is 41.1 Å². The van der Waals surface area contributed by atoms with Crippen LogP contribution in [-0.4, -0.2) is 44.9 Å². The van der Waals surface area contributed by atoms with Gasteiger partial charge in [0.1, 0.15) is 6.10 Å². The molecular weight excluding hydrogens is 404 g/mol. The number of likely N-dealkylation sites (tertiary alicyclic amines) is 1. The molecule has 1 fully saturated rings. The van der Waals surface area contributed by atoms with Gasteiger partial charge in [-0.25, -0.2) is 9.97 Å². The summed E-state index contributed by atoms with van der Waals surface area (Å²) in [7, 11) is 0. The van der Waals surface area contributed by atoms with Crippen LogP contribution in [-0.2, 0) is 11.2 Å². The second-order valence-corrected chi connectivity index (χ2v) is 6.92. The zero-order valence-corrected chi connectivity index (χ0v) is 15.5. The zero-order valence-electron chi connectivity index (χ0n) is 13.9. The number of hydrogen-bond donors (Lipinski definition) is 0. The predicted molar refractivity (Wildman–Crippen MR) is 96.8 cm³/mol. The van der Waals surface area contributed by atoms with Gasteiger partial charge in [-0.15, -0.1) is 0 Å². The first-order valence-electron chi connectivity index (χ1n) is 8.16. The third kappa shape index (κ3) is 4.75. The van der Waals surface area contributed by atoms with Crippen molar-refractivity contribution in [1.82, 2.24) is 14.9 Å². The number of piperidine rings is 1. The highest BCUT2D eigenvalue weighted by Gasteiger charge is 2.25. The first kappa shape index (κ1) is 18.2. The third-order valence-corrected chi connectivity index (χ3v) is 4.51. The van der Waals surface area contributed by atoms with Crippen molar-refractivity contribution < 1.29 is 14.5 Å². The summed E-state index contributed by atoms with van der Waals surface area (Å²) in [5, 5.41) is 10.7. The molecule has 0 saturated carbocycles. The van der Waals surface area contributed by atoms with Gasteiger partial charge < -0.3 is 9.64 Å². The number of ether oxygens (including phenoxy) is 1. The number of carbonyl (C=O) groups is 1. The monoisotopic (exact) mass is 420 g/mol. The minimum atomic E-state index is -0.456. The van der Waals surface area contributed by atoms with Crippen molar-refractivity contribution in [2.45, 2.75) is 25.4 Å². The molecular formula is C17H17BrN4O4. The summed E-state index contributed by atoms with van der Waals surface area (Å²) in [4.78, 5) is 32.7. The molecule has 1 atom stereocenters. The number of halogens is 1. The van der Waals surface area contributed by atoms with E-state index in [1.54, 1.807) is 29.4 Å². The quantitative estimate of drug-likeness (QED) is 0.544. The summed E-state index contributed by atoms with van der Waals surface area (Å²) in [5.74, 6) is -0.0242. The molecule has 1 aromatic carbocycles. The second-order valence-electron chi connectivity index (χ2n) is 6.01. The molecule has 8 nitrogen and oxygen atoms in total. The van der Waals surface area contributed by atoms with E-state index in [4.69, 9.17) is 4.74 Å². The zero-order chi connectivity index (χ0) is 18.5. The number of carbonyl (C=O) groups excluding carboxylic acids is 1. The summed E-state index contributed by atoms with van der Waals surface area (Å²) in [5.41, 5.74) is 0.766. The lowest BCUT2D eigenvalue weighted by Gasteiger charge is -2.32. The molecule has 136 valence electrons. The van der Waals surface area contributed by atoms with Crippen LogP contribution in [0, 0.1) is 10.1 Å². The van der Waals surface area contributed by atoms with Gasteiger partial charge in [0.25, 0.3) is 5.69 Å². The summed E-state index contributed by atoms with van der Waals surface area (Å²) in [6.45, 7) is 1.15. The van der Waals surface area contributed by atoms with Gasteiger partial charge in [0.2, 0.25) is 5.91 Å². The van der Waals surface area contributed by atoms with Gasteiger partial charge in [-0.05, 0) is 34.3 Å². The smallest absolute Gasteiger partial charge is 0.316 e. The molecule has 0 radical (unpaired) electrons.